The molecule has 1 N–H and O–H groups in total. The summed E-state index contributed by atoms with van der Waals surface area (Å²) in [6.07, 6.45) is 3.13. The molecule has 1 amide bonds. The molecule has 1 fully saturated rings. The Morgan fingerprint density at radius 3 is 2.38 bits per heavy atom. The molecule has 2 aromatic carbocycles. The number of phenolic OH excluding ortho intramolecular Hbond substituents is 1. The Hall–Kier alpha value is -3.24. The second kappa shape index (κ2) is 11.4. The van der Waals surface area contributed by atoms with Crippen LogP contribution in [0.15, 0.2) is 66.2 Å². The van der Waals surface area contributed by atoms with E-state index >= 15 is 0 Å². The van der Waals surface area contributed by atoms with Crippen molar-refractivity contribution in [2.24, 2.45) is 0 Å². The average Bonchev–Trinajstić information content (AvgIpc) is 2.88. The van der Waals surface area contributed by atoms with E-state index in [4.69, 9.17) is 11.6 Å². The number of nitrogens with zero attached hydrogens (tertiary/aromatic N) is 4. The highest BCUT2D eigenvalue weighted by Crippen LogP contribution is 2.24. The summed E-state index contributed by atoms with van der Waals surface area (Å²) in [5, 5.41) is 11.4. The van der Waals surface area contributed by atoms with Crippen LogP contribution in [0.1, 0.15) is 21.6 Å². The van der Waals surface area contributed by atoms with E-state index in [1.807, 2.05) is 38.4 Å². The van der Waals surface area contributed by atoms with Crippen molar-refractivity contribution in [2.45, 2.75) is 6.54 Å². The number of pyridine rings is 1. The molecule has 37 heavy (non-hydrogen) atoms. The van der Waals surface area contributed by atoms with Crippen molar-refractivity contribution < 1.29 is 18.3 Å². The number of carbonyl (C=O) groups excluding carboxylic acids is 1. The molecule has 1 aliphatic heterocycles. The highest BCUT2D eigenvalue weighted by molar-refractivity contribution is 7.92. The fourth-order valence-corrected chi connectivity index (χ4v) is 5.43. The molecule has 1 aromatic heterocycles. The first-order valence-electron chi connectivity index (χ1n) is 11.8. The van der Waals surface area contributed by atoms with Gasteiger partial charge in [0.15, 0.2) is 0 Å². The van der Waals surface area contributed by atoms with Gasteiger partial charge in [-0.1, -0.05) is 23.7 Å². The number of aromatic hydroxyl groups is 1. The lowest BCUT2D eigenvalue weighted by molar-refractivity contribution is 0.0698. The Balaban J connectivity index is 1.37. The van der Waals surface area contributed by atoms with Gasteiger partial charge in [-0.05, 0) is 73.8 Å². The van der Waals surface area contributed by atoms with Crippen molar-refractivity contribution >= 4 is 33.6 Å². The maximum Gasteiger partial charge on any atom is 0.253 e. The lowest BCUT2D eigenvalue weighted by atomic mass is 10.0. The lowest BCUT2D eigenvalue weighted by Gasteiger charge is -2.33. The zero-order chi connectivity index (χ0) is 26.6. The molecule has 3 aromatic rings. The van der Waals surface area contributed by atoms with Crippen molar-refractivity contribution in [3.05, 3.63) is 88.0 Å². The summed E-state index contributed by atoms with van der Waals surface area (Å²) in [6.45, 7) is 1.70. The van der Waals surface area contributed by atoms with Crippen LogP contribution in [-0.4, -0.2) is 78.8 Å². The van der Waals surface area contributed by atoms with Gasteiger partial charge in [0.25, 0.3) is 5.91 Å². The summed E-state index contributed by atoms with van der Waals surface area (Å²) in [5.74, 6) is -0.230. The standard InChI is InChI=1S/C27H29ClN4O4S/c1-30(2)19-25-17-23(9-11-29-25)20-3-5-22(6-4-20)27(34)31-12-14-32(15-13-31)37(35,36)16-10-21-7-8-24(28)18-26(21)33/h3-11,16-18,33H,12-15,19H2,1-2H3/b16-10+. The van der Waals surface area contributed by atoms with Gasteiger partial charge in [-0.15, -0.1) is 0 Å². The largest absolute Gasteiger partial charge is 0.507 e. The molecule has 0 bridgehead atoms. The molecule has 194 valence electrons. The van der Waals surface area contributed by atoms with E-state index < -0.39 is 10.0 Å². The van der Waals surface area contributed by atoms with Gasteiger partial charge in [0.2, 0.25) is 10.0 Å². The van der Waals surface area contributed by atoms with Gasteiger partial charge in [0.1, 0.15) is 5.75 Å². The Morgan fingerprint density at radius 2 is 1.73 bits per heavy atom. The van der Waals surface area contributed by atoms with Gasteiger partial charge in [-0.25, -0.2) is 8.42 Å². The number of phenols is 1. The summed E-state index contributed by atoms with van der Waals surface area (Å²) in [7, 11) is 0.281. The Kier molecular flexibility index (Phi) is 8.29. The van der Waals surface area contributed by atoms with Crippen LogP contribution in [0.2, 0.25) is 5.02 Å². The second-order valence-corrected chi connectivity index (χ2v) is 11.3. The number of sulfonamides is 1. The lowest BCUT2D eigenvalue weighted by Crippen LogP contribution is -2.50. The van der Waals surface area contributed by atoms with Crippen LogP contribution >= 0.6 is 11.6 Å². The second-order valence-electron chi connectivity index (χ2n) is 9.09. The summed E-state index contributed by atoms with van der Waals surface area (Å²) in [5.41, 5.74) is 3.90. The number of amides is 1. The summed E-state index contributed by atoms with van der Waals surface area (Å²) in [4.78, 5) is 21.2. The van der Waals surface area contributed by atoms with Gasteiger partial charge in [-0.3, -0.25) is 9.78 Å². The van der Waals surface area contributed by atoms with Crippen LogP contribution in [0.5, 0.6) is 5.75 Å². The number of aromatic nitrogens is 1. The first-order chi connectivity index (χ1) is 17.6. The maximum atomic E-state index is 13.0. The van der Waals surface area contributed by atoms with Crippen LogP contribution in [-0.2, 0) is 16.6 Å². The van der Waals surface area contributed by atoms with Crippen molar-refractivity contribution in [1.82, 2.24) is 19.1 Å². The third-order valence-corrected chi connectivity index (χ3v) is 7.86. The van der Waals surface area contributed by atoms with Crippen LogP contribution in [0, 0.1) is 0 Å². The molecule has 8 nitrogen and oxygen atoms in total. The molecule has 0 saturated carbocycles. The van der Waals surface area contributed by atoms with E-state index in [1.54, 1.807) is 35.4 Å². The summed E-state index contributed by atoms with van der Waals surface area (Å²) >= 11 is 5.82. The maximum absolute atomic E-state index is 13.0. The van der Waals surface area contributed by atoms with Gasteiger partial charge < -0.3 is 14.9 Å². The molecule has 1 saturated heterocycles. The van der Waals surface area contributed by atoms with E-state index in [-0.39, 0.29) is 37.8 Å². The molecule has 0 aliphatic carbocycles. The minimum Gasteiger partial charge on any atom is -0.507 e. The number of hydrogen-bond acceptors (Lipinski definition) is 6. The third kappa shape index (κ3) is 6.75. The Labute approximate surface area is 222 Å². The van der Waals surface area contributed by atoms with Gasteiger partial charge in [-0.2, -0.15) is 4.31 Å². The number of hydrogen-bond donors (Lipinski definition) is 1. The molecular formula is C27H29ClN4O4S. The molecule has 4 rings (SSSR count). The molecule has 10 heteroatoms. The highest BCUT2D eigenvalue weighted by atomic mass is 35.5. The first-order valence-corrected chi connectivity index (χ1v) is 13.7. The van der Waals surface area contributed by atoms with Crippen LogP contribution in [0.4, 0.5) is 0 Å². The topological polar surface area (TPSA) is 94.1 Å². The molecular weight excluding hydrogens is 512 g/mol. The van der Waals surface area contributed by atoms with E-state index in [1.165, 1.54) is 16.4 Å². The molecule has 2 heterocycles. The zero-order valence-corrected chi connectivity index (χ0v) is 22.3. The van der Waals surface area contributed by atoms with Crippen molar-refractivity contribution in [2.75, 3.05) is 40.3 Å². The summed E-state index contributed by atoms with van der Waals surface area (Å²) < 4.78 is 26.9. The smallest absolute Gasteiger partial charge is 0.253 e. The minimum absolute atomic E-state index is 0.0988. The quantitative estimate of drug-likeness (QED) is 0.488. The van der Waals surface area contributed by atoms with Crippen LogP contribution < -0.4 is 0 Å². The van der Waals surface area contributed by atoms with Gasteiger partial charge >= 0.3 is 0 Å². The monoisotopic (exact) mass is 540 g/mol. The van der Waals surface area contributed by atoms with Crippen molar-refractivity contribution in [3.8, 4) is 16.9 Å². The summed E-state index contributed by atoms with van der Waals surface area (Å²) in [6, 6.07) is 15.9. The molecule has 0 atom stereocenters. The predicted octanol–water partition coefficient (Wildman–Crippen LogP) is 3.93. The normalized spacial score (nSPS) is 15.0. The molecule has 0 unspecified atom stereocenters. The van der Waals surface area contributed by atoms with E-state index in [0.717, 1.165) is 28.8 Å². The number of rotatable bonds is 7. The van der Waals surface area contributed by atoms with Crippen LogP contribution in [0.3, 0.4) is 0 Å². The van der Waals surface area contributed by atoms with Crippen molar-refractivity contribution in [3.63, 3.8) is 0 Å². The fourth-order valence-electron chi connectivity index (χ4n) is 4.10. The molecule has 0 radical (unpaired) electrons. The van der Waals surface area contributed by atoms with Crippen molar-refractivity contribution in [1.29, 1.82) is 0 Å². The van der Waals surface area contributed by atoms with E-state index in [2.05, 4.69) is 9.88 Å². The number of carbonyl (C=O) groups is 1. The van der Waals surface area contributed by atoms with Gasteiger partial charge in [0.05, 0.1) is 5.69 Å². The van der Waals surface area contributed by atoms with E-state index in [0.29, 0.717) is 16.1 Å². The minimum atomic E-state index is -3.71. The van der Waals surface area contributed by atoms with Crippen LogP contribution in [0.25, 0.3) is 17.2 Å². The highest BCUT2D eigenvalue weighted by Gasteiger charge is 2.28. The number of benzene rings is 2. The molecule has 0 spiro atoms. The Morgan fingerprint density at radius 1 is 1.03 bits per heavy atom. The third-order valence-electron chi connectivity index (χ3n) is 6.06. The molecule has 1 aliphatic rings. The van der Waals surface area contributed by atoms with Gasteiger partial charge in [0, 0.05) is 60.5 Å². The SMILES string of the molecule is CN(C)Cc1cc(-c2ccc(C(=O)N3CCN(S(=O)(=O)/C=C/c4ccc(Cl)cc4O)CC3)cc2)ccn1. The zero-order valence-electron chi connectivity index (χ0n) is 20.7. The number of piperazine rings is 1. The van der Waals surface area contributed by atoms with E-state index in [9.17, 15) is 18.3 Å². The average molecular weight is 541 g/mol. The Bertz CT molecular complexity index is 1400. The predicted molar refractivity (Wildman–Crippen MR) is 146 cm³/mol. The first kappa shape index (κ1) is 26.8. The fraction of sp³-hybridized carbons (Fsp3) is 0.259. The number of halogens is 1.